The van der Waals surface area contributed by atoms with Crippen molar-refractivity contribution < 1.29 is 5.11 Å². The smallest absolute Gasteiger partial charge is 0.0739 e. The summed E-state index contributed by atoms with van der Waals surface area (Å²) >= 11 is 5.90. The predicted molar refractivity (Wildman–Crippen MR) is 65.3 cm³/mol. The minimum atomic E-state index is 0.173. The first kappa shape index (κ1) is 12.1. The number of rotatable bonds is 5. The molecule has 0 aromatic heterocycles. The quantitative estimate of drug-likeness (QED) is 0.679. The number of anilines is 2. The number of para-hydroxylation sites is 1. The molecule has 0 aliphatic carbocycles. The van der Waals surface area contributed by atoms with Gasteiger partial charge in [-0.25, -0.2) is 0 Å². The summed E-state index contributed by atoms with van der Waals surface area (Å²) in [6.45, 7) is 2.24. The Labute approximate surface area is 95.2 Å². The van der Waals surface area contributed by atoms with Crippen molar-refractivity contribution in [2.75, 3.05) is 17.7 Å². The van der Waals surface area contributed by atoms with Crippen LogP contribution in [0, 0.1) is 0 Å². The lowest BCUT2D eigenvalue weighted by atomic mass is 10.1. The Morgan fingerprint density at radius 1 is 1.53 bits per heavy atom. The summed E-state index contributed by atoms with van der Waals surface area (Å²) in [7, 11) is 0. The Kier molecular flexibility index (Phi) is 4.72. The second-order valence-electron chi connectivity index (χ2n) is 3.46. The van der Waals surface area contributed by atoms with Crippen LogP contribution in [0.3, 0.4) is 0 Å². The van der Waals surface area contributed by atoms with Gasteiger partial charge in [-0.05, 0) is 25.0 Å². The average Bonchev–Trinajstić information content (AvgIpc) is 2.24. The van der Waals surface area contributed by atoms with Crippen LogP contribution in [0.2, 0.25) is 5.02 Å². The van der Waals surface area contributed by atoms with Gasteiger partial charge in [-0.2, -0.15) is 0 Å². The first-order valence-corrected chi connectivity index (χ1v) is 5.48. The number of nitrogens with one attached hydrogen (secondary N) is 1. The maximum Gasteiger partial charge on any atom is 0.0739 e. The van der Waals surface area contributed by atoms with E-state index in [2.05, 4.69) is 12.2 Å². The molecule has 0 spiro atoms. The molecular weight excluding hydrogens is 212 g/mol. The Morgan fingerprint density at radius 2 is 2.27 bits per heavy atom. The van der Waals surface area contributed by atoms with Crippen LogP contribution in [-0.4, -0.2) is 17.8 Å². The molecule has 1 unspecified atom stereocenters. The molecule has 0 aliphatic heterocycles. The molecule has 0 saturated carbocycles. The van der Waals surface area contributed by atoms with Gasteiger partial charge >= 0.3 is 0 Å². The van der Waals surface area contributed by atoms with Gasteiger partial charge in [-0.3, -0.25) is 0 Å². The van der Waals surface area contributed by atoms with Crippen LogP contribution in [0.15, 0.2) is 18.2 Å². The van der Waals surface area contributed by atoms with E-state index in [9.17, 15) is 0 Å². The first-order valence-electron chi connectivity index (χ1n) is 5.10. The average molecular weight is 229 g/mol. The van der Waals surface area contributed by atoms with E-state index in [4.69, 9.17) is 22.4 Å². The van der Waals surface area contributed by atoms with Crippen molar-refractivity contribution in [2.45, 2.75) is 25.8 Å². The van der Waals surface area contributed by atoms with Crippen molar-refractivity contribution in [1.29, 1.82) is 0 Å². The monoisotopic (exact) mass is 228 g/mol. The van der Waals surface area contributed by atoms with Gasteiger partial charge in [0, 0.05) is 12.6 Å². The van der Waals surface area contributed by atoms with Crippen molar-refractivity contribution in [1.82, 2.24) is 0 Å². The standard InChI is InChI=1S/C11H17ClN2O/c1-2-8(6-7-15)14-10-5-3-4-9(12)11(10)13/h3-5,8,14-15H,2,6-7,13H2,1H3. The molecule has 0 heterocycles. The topological polar surface area (TPSA) is 58.3 Å². The normalized spacial score (nSPS) is 12.5. The second-order valence-corrected chi connectivity index (χ2v) is 3.87. The van der Waals surface area contributed by atoms with Crippen molar-refractivity contribution in [3.8, 4) is 0 Å². The number of nitrogens with two attached hydrogens (primary N) is 1. The SMILES string of the molecule is CCC(CCO)Nc1cccc(Cl)c1N. The van der Waals surface area contributed by atoms with Crippen molar-refractivity contribution in [3.05, 3.63) is 23.2 Å². The summed E-state index contributed by atoms with van der Waals surface area (Å²) in [5.41, 5.74) is 7.23. The van der Waals surface area contributed by atoms with E-state index < -0.39 is 0 Å². The second kappa shape index (κ2) is 5.83. The molecule has 3 nitrogen and oxygen atoms in total. The highest BCUT2D eigenvalue weighted by atomic mass is 35.5. The summed E-state index contributed by atoms with van der Waals surface area (Å²) in [5.74, 6) is 0. The first-order chi connectivity index (χ1) is 7.19. The fraction of sp³-hybridized carbons (Fsp3) is 0.455. The molecule has 1 aromatic carbocycles. The van der Waals surface area contributed by atoms with Gasteiger partial charge in [0.25, 0.3) is 0 Å². The van der Waals surface area contributed by atoms with Gasteiger partial charge in [0.15, 0.2) is 0 Å². The molecule has 4 heteroatoms. The third-order valence-electron chi connectivity index (χ3n) is 2.38. The molecule has 1 aromatic rings. The molecule has 1 atom stereocenters. The predicted octanol–water partition coefficient (Wildman–Crippen LogP) is 2.50. The molecule has 15 heavy (non-hydrogen) atoms. The van der Waals surface area contributed by atoms with Crippen LogP contribution in [0.4, 0.5) is 11.4 Å². The molecule has 0 saturated heterocycles. The molecule has 84 valence electrons. The van der Waals surface area contributed by atoms with Gasteiger partial charge in [0.1, 0.15) is 0 Å². The summed E-state index contributed by atoms with van der Waals surface area (Å²) in [5, 5.41) is 12.7. The van der Waals surface area contributed by atoms with Crippen molar-refractivity contribution >= 4 is 23.0 Å². The van der Waals surface area contributed by atoms with Crippen LogP contribution in [-0.2, 0) is 0 Å². The summed E-state index contributed by atoms with van der Waals surface area (Å²) in [4.78, 5) is 0. The van der Waals surface area contributed by atoms with E-state index in [-0.39, 0.29) is 12.6 Å². The maximum absolute atomic E-state index is 8.87. The minimum Gasteiger partial charge on any atom is -0.396 e. The van der Waals surface area contributed by atoms with E-state index in [1.54, 1.807) is 6.07 Å². The maximum atomic E-state index is 8.87. The van der Waals surface area contributed by atoms with E-state index >= 15 is 0 Å². The van der Waals surface area contributed by atoms with Gasteiger partial charge in [-0.15, -0.1) is 0 Å². The Balaban J connectivity index is 2.74. The fourth-order valence-electron chi connectivity index (χ4n) is 1.42. The number of halogens is 1. The van der Waals surface area contributed by atoms with Crippen molar-refractivity contribution in [3.63, 3.8) is 0 Å². The summed E-state index contributed by atoms with van der Waals surface area (Å²) < 4.78 is 0. The molecule has 1 rings (SSSR count). The molecule has 0 aliphatic rings. The summed E-state index contributed by atoms with van der Waals surface area (Å²) in [6, 6.07) is 5.74. The Bertz CT molecular complexity index is 317. The molecule has 0 bridgehead atoms. The van der Waals surface area contributed by atoms with Crippen LogP contribution < -0.4 is 11.1 Å². The van der Waals surface area contributed by atoms with Crippen LogP contribution in [0.5, 0.6) is 0 Å². The minimum absolute atomic E-state index is 0.173. The highest BCUT2D eigenvalue weighted by Crippen LogP contribution is 2.27. The zero-order chi connectivity index (χ0) is 11.3. The zero-order valence-electron chi connectivity index (χ0n) is 8.83. The van der Waals surface area contributed by atoms with Gasteiger partial charge in [0.05, 0.1) is 16.4 Å². The highest BCUT2D eigenvalue weighted by Gasteiger charge is 2.08. The lowest BCUT2D eigenvalue weighted by molar-refractivity contribution is 0.278. The number of hydrogen-bond donors (Lipinski definition) is 3. The number of benzene rings is 1. The van der Waals surface area contributed by atoms with Gasteiger partial charge in [-0.1, -0.05) is 24.6 Å². The number of aliphatic hydroxyl groups is 1. The molecule has 0 radical (unpaired) electrons. The number of hydrogen-bond acceptors (Lipinski definition) is 3. The van der Waals surface area contributed by atoms with E-state index in [0.717, 1.165) is 12.1 Å². The molecule has 4 N–H and O–H groups in total. The van der Waals surface area contributed by atoms with E-state index in [0.29, 0.717) is 17.1 Å². The van der Waals surface area contributed by atoms with Gasteiger partial charge in [0.2, 0.25) is 0 Å². The Hall–Kier alpha value is -0.930. The lowest BCUT2D eigenvalue weighted by Crippen LogP contribution is -2.20. The van der Waals surface area contributed by atoms with Crippen molar-refractivity contribution in [2.24, 2.45) is 0 Å². The fourth-order valence-corrected chi connectivity index (χ4v) is 1.59. The Morgan fingerprint density at radius 3 is 2.87 bits per heavy atom. The number of nitrogen functional groups attached to an aromatic ring is 1. The lowest BCUT2D eigenvalue weighted by Gasteiger charge is -2.18. The van der Waals surface area contributed by atoms with Crippen LogP contribution >= 0.6 is 11.6 Å². The number of aliphatic hydroxyl groups excluding tert-OH is 1. The molecular formula is C11H17ClN2O. The van der Waals surface area contributed by atoms with Gasteiger partial charge < -0.3 is 16.2 Å². The highest BCUT2D eigenvalue weighted by molar-refractivity contribution is 6.33. The summed E-state index contributed by atoms with van der Waals surface area (Å²) in [6.07, 6.45) is 1.65. The third-order valence-corrected chi connectivity index (χ3v) is 2.71. The third kappa shape index (κ3) is 3.29. The van der Waals surface area contributed by atoms with E-state index in [1.165, 1.54) is 0 Å². The van der Waals surface area contributed by atoms with Crippen LogP contribution in [0.1, 0.15) is 19.8 Å². The molecule has 0 amide bonds. The largest absolute Gasteiger partial charge is 0.396 e. The molecule has 0 fully saturated rings. The van der Waals surface area contributed by atoms with Crippen LogP contribution in [0.25, 0.3) is 0 Å². The zero-order valence-corrected chi connectivity index (χ0v) is 9.59. The van der Waals surface area contributed by atoms with E-state index in [1.807, 2.05) is 12.1 Å².